The van der Waals surface area contributed by atoms with E-state index in [0.717, 1.165) is 31.4 Å². The van der Waals surface area contributed by atoms with Gasteiger partial charge in [-0.2, -0.15) is 4.31 Å². The van der Waals surface area contributed by atoms with Gasteiger partial charge in [-0.1, -0.05) is 5.16 Å². The minimum Gasteiger partial charge on any atom is -0.360 e. The van der Waals surface area contributed by atoms with Gasteiger partial charge in [0.1, 0.15) is 5.76 Å². The number of nitrogens with one attached hydrogen (secondary N) is 2. The molecule has 2 N–H and O–H groups in total. The number of sulfonamides is 1. The highest BCUT2D eigenvalue weighted by molar-refractivity contribution is 7.89. The normalized spacial score (nSPS) is 27.2. The van der Waals surface area contributed by atoms with Crippen LogP contribution in [0.4, 0.5) is 5.69 Å². The molecule has 2 saturated heterocycles. The number of carbonyl (C=O) groups is 2. The molecule has 168 valence electrons. The molecule has 1 saturated carbocycles. The van der Waals surface area contributed by atoms with E-state index in [2.05, 4.69) is 15.8 Å². The maximum absolute atomic E-state index is 13.5. The molecule has 2 amide bonds. The highest BCUT2D eigenvalue weighted by Crippen LogP contribution is 2.41. The van der Waals surface area contributed by atoms with E-state index in [-0.39, 0.29) is 47.0 Å². The monoisotopic (exact) mass is 456 g/mol. The van der Waals surface area contributed by atoms with E-state index in [4.69, 9.17) is 4.52 Å². The van der Waals surface area contributed by atoms with Crippen LogP contribution in [0.15, 0.2) is 33.7 Å². The molecule has 3 aliphatic heterocycles. The van der Waals surface area contributed by atoms with E-state index in [1.54, 1.807) is 28.6 Å². The Morgan fingerprint density at radius 2 is 1.88 bits per heavy atom. The average molecular weight is 457 g/mol. The van der Waals surface area contributed by atoms with Crippen molar-refractivity contribution in [1.82, 2.24) is 14.8 Å². The van der Waals surface area contributed by atoms with Crippen molar-refractivity contribution in [2.24, 2.45) is 0 Å². The fourth-order valence-electron chi connectivity index (χ4n) is 5.35. The van der Waals surface area contributed by atoms with Crippen molar-refractivity contribution in [3.05, 3.63) is 41.3 Å². The van der Waals surface area contributed by atoms with Crippen molar-refractivity contribution < 1.29 is 22.5 Å². The summed E-state index contributed by atoms with van der Waals surface area (Å²) >= 11 is 0. The molecule has 6 rings (SSSR count). The van der Waals surface area contributed by atoms with Gasteiger partial charge >= 0.3 is 0 Å². The zero-order chi connectivity index (χ0) is 22.0. The third-order valence-corrected chi connectivity index (χ3v) is 9.02. The first-order valence-corrected chi connectivity index (χ1v) is 12.6. The molecule has 1 aromatic heterocycles. The van der Waals surface area contributed by atoms with E-state index in [0.29, 0.717) is 30.0 Å². The Kier molecular flexibility index (Phi) is 4.45. The third kappa shape index (κ3) is 3.32. The van der Waals surface area contributed by atoms with Gasteiger partial charge in [0.15, 0.2) is 5.69 Å². The predicted octanol–water partition coefficient (Wildman–Crippen LogP) is 2.16. The van der Waals surface area contributed by atoms with Gasteiger partial charge in [0.05, 0.1) is 11.3 Å². The minimum absolute atomic E-state index is 0.102. The third-order valence-electron chi connectivity index (χ3n) is 7.02. The summed E-state index contributed by atoms with van der Waals surface area (Å²) in [7, 11) is -3.69. The van der Waals surface area contributed by atoms with Crippen LogP contribution in [0.3, 0.4) is 0 Å². The number of fused-ring (bicyclic) bond motifs is 3. The topological polar surface area (TPSA) is 122 Å². The van der Waals surface area contributed by atoms with Crippen LogP contribution in [0, 0.1) is 0 Å². The summed E-state index contributed by atoms with van der Waals surface area (Å²) < 4.78 is 33.8. The number of benzene rings is 1. The molecule has 1 unspecified atom stereocenters. The highest BCUT2D eigenvalue weighted by Gasteiger charge is 2.47. The number of nitrogens with zero attached hydrogens (tertiary/aromatic N) is 2. The lowest BCUT2D eigenvalue weighted by molar-refractivity contribution is -0.115. The van der Waals surface area contributed by atoms with Crippen LogP contribution < -0.4 is 10.6 Å². The highest BCUT2D eigenvalue weighted by atomic mass is 32.2. The summed E-state index contributed by atoms with van der Waals surface area (Å²) in [5.41, 5.74) is 1.68. The maximum Gasteiger partial charge on any atom is 0.273 e. The summed E-state index contributed by atoms with van der Waals surface area (Å²) in [6.45, 7) is 0. The smallest absolute Gasteiger partial charge is 0.273 e. The summed E-state index contributed by atoms with van der Waals surface area (Å²) in [6.07, 6.45) is 5.03. The van der Waals surface area contributed by atoms with Crippen LogP contribution in [0.25, 0.3) is 0 Å². The molecule has 2 aromatic rings. The zero-order valence-electron chi connectivity index (χ0n) is 17.4. The van der Waals surface area contributed by atoms with E-state index in [9.17, 15) is 18.0 Å². The summed E-state index contributed by atoms with van der Waals surface area (Å²) in [4.78, 5) is 24.5. The van der Waals surface area contributed by atoms with Gasteiger partial charge in [-0.25, -0.2) is 8.42 Å². The predicted molar refractivity (Wildman–Crippen MR) is 114 cm³/mol. The molecule has 4 aliphatic rings. The number of hydrogen-bond acceptors (Lipinski definition) is 6. The molecule has 1 aromatic carbocycles. The zero-order valence-corrected chi connectivity index (χ0v) is 18.2. The molecule has 0 radical (unpaired) electrons. The van der Waals surface area contributed by atoms with Crippen LogP contribution in [0.1, 0.15) is 66.3 Å². The fourth-order valence-corrected chi connectivity index (χ4v) is 7.29. The van der Waals surface area contributed by atoms with Gasteiger partial charge in [0.2, 0.25) is 15.9 Å². The number of amides is 2. The largest absolute Gasteiger partial charge is 0.360 e. The lowest BCUT2D eigenvalue weighted by Crippen LogP contribution is -2.52. The molecule has 9 nitrogen and oxygen atoms in total. The molecule has 3 fully saturated rings. The Balaban J connectivity index is 1.17. The van der Waals surface area contributed by atoms with Crippen molar-refractivity contribution in [2.45, 2.75) is 73.9 Å². The fraction of sp³-hybridized carbons (Fsp3) is 0.500. The van der Waals surface area contributed by atoms with Crippen molar-refractivity contribution >= 4 is 27.5 Å². The molecule has 1 aliphatic carbocycles. The van der Waals surface area contributed by atoms with E-state index in [1.165, 1.54) is 0 Å². The Morgan fingerprint density at radius 1 is 1.12 bits per heavy atom. The van der Waals surface area contributed by atoms with Crippen LogP contribution >= 0.6 is 0 Å². The van der Waals surface area contributed by atoms with E-state index < -0.39 is 10.0 Å². The second-order valence-electron chi connectivity index (χ2n) is 9.29. The molecular weight excluding hydrogens is 432 g/mol. The summed E-state index contributed by atoms with van der Waals surface area (Å²) in [6, 6.07) is 6.14. The standard InChI is InChI=1S/C22H24N4O5S/c27-21-8-13-7-17(5-6-18(13)24-21)32(29,30)26-15-3-4-16(26)10-14(9-15)23-22(28)19-11-20(31-25-19)12-1-2-12/h5-7,11-12,14-16H,1-4,8-10H2,(H,23,28)(H,24,27)/t14?,15-,16+. The van der Waals surface area contributed by atoms with Crippen LogP contribution in [-0.2, 0) is 21.2 Å². The number of aromatic nitrogens is 1. The Bertz CT molecular complexity index is 1200. The lowest BCUT2D eigenvalue weighted by atomic mass is 9.99. The number of piperidine rings is 1. The molecule has 0 spiro atoms. The second kappa shape index (κ2) is 7.14. The quantitative estimate of drug-likeness (QED) is 0.711. The Morgan fingerprint density at radius 3 is 2.59 bits per heavy atom. The van der Waals surface area contributed by atoms with Crippen LogP contribution in [0.5, 0.6) is 0 Å². The molecule has 3 atom stereocenters. The SMILES string of the molecule is O=C1Cc2cc(S(=O)(=O)N3[C@@H]4CC[C@H]3CC(NC(=O)c3cc(C5CC5)on3)C4)ccc2N1. The Hall–Kier alpha value is -2.72. The number of anilines is 1. The molecule has 4 heterocycles. The second-order valence-corrected chi connectivity index (χ2v) is 11.1. The van der Waals surface area contributed by atoms with Gasteiger partial charge < -0.3 is 15.2 Å². The molecule has 10 heteroatoms. The molecular formula is C22H24N4O5S. The van der Waals surface area contributed by atoms with E-state index >= 15 is 0 Å². The minimum atomic E-state index is -3.69. The Labute approximate surface area is 185 Å². The van der Waals surface area contributed by atoms with Gasteiger partial charge in [0.25, 0.3) is 5.91 Å². The molecule has 32 heavy (non-hydrogen) atoms. The summed E-state index contributed by atoms with van der Waals surface area (Å²) in [5, 5.41) is 9.67. The van der Waals surface area contributed by atoms with Gasteiger partial charge in [-0.3, -0.25) is 9.59 Å². The number of rotatable bonds is 5. The lowest BCUT2D eigenvalue weighted by Gasteiger charge is -2.38. The maximum atomic E-state index is 13.5. The first-order chi connectivity index (χ1) is 15.4. The first kappa shape index (κ1) is 19.9. The van der Waals surface area contributed by atoms with Crippen LogP contribution in [-0.4, -0.2) is 47.8 Å². The van der Waals surface area contributed by atoms with Crippen LogP contribution in [0.2, 0.25) is 0 Å². The summed E-state index contributed by atoms with van der Waals surface area (Å²) in [5.74, 6) is 0.767. The van der Waals surface area contributed by atoms with Crippen molar-refractivity contribution in [1.29, 1.82) is 0 Å². The van der Waals surface area contributed by atoms with Crippen molar-refractivity contribution in [3.63, 3.8) is 0 Å². The van der Waals surface area contributed by atoms with E-state index in [1.807, 2.05) is 0 Å². The van der Waals surface area contributed by atoms with Gasteiger partial charge in [0, 0.05) is 35.8 Å². The van der Waals surface area contributed by atoms with Crippen molar-refractivity contribution in [2.75, 3.05) is 5.32 Å². The number of carbonyl (C=O) groups excluding carboxylic acids is 2. The van der Waals surface area contributed by atoms with Crippen molar-refractivity contribution in [3.8, 4) is 0 Å². The average Bonchev–Trinajstić information content (AvgIpc) is 3.23. The molecule has 2 bridgehead atoms. The van der Waals surface area contributed by atoms with Gasteiger partial charge in [-0.15, -0.1) is 0 Å². The van der Waals surface area contributed by atoms with Gasteiger partial charge in [-0.05, 0) is 62.3 Å². The number of hydrogen-bond donors (Lipinski definition) is 2. The first-order valence-electron chi connectivity index (χ1n) is 11.1.